The SMILES string of the molecule is CCc1ccc([C@@H](C)NC(=O)[C@@H](C)Oc2ccc3c(c2)CCCC3)cc1. The van der Waals surface area contributed by atoms with Crippen molar-refractivity contribution in [3.63, 3.8) is 0 Å². The Morgan fingerprint density at radius 2 is 1.73 bits per heavy atom. The van der Waals surface area contributed by atoms with Gasteiger partial charge in [0, 0.05) is 0 Å². The minimum atomic E-state index is -0.519. The summed E-state index contributed by atoms with van der Waals surface area (Å²) in [6.07, 6.45) is 5.27. The van der Waals surface area contributed by atoms with Crippen molar-refractivity contribution in [3.05, 3.63) is 64.7 Å². The minimum absolute atomic E-state index is 0.0389. The number of ether oxygens (including phenoxy) is 1. The molecule has 138 valence electrons. The second-order valence-electron chi connectivity index (χ2n) is 7.22. The van der Waals surface area contributed by atoms with E-state index >= 15 is 0 Å². The zero-order chi connectivity index (χ0) is 18.5. The Bertz CT molecular complexity index is 751. The zero-order valence-electron chi connectivity index (χ0n) is 16.0. The van der Waals surface area contributed by atoms with Crippen LogP contribution in [-0.2, 0) is 24.1 Å². The van der Waals surface area contributed by atoms with Gasteiger partial charge in [0.2, 0.25) is 0 Å². The highest BCUT2D eigenvalue weighted by atomic mass is 16.5. The van der Waals surface area contributed by atoms with Crippen molar-refractivity contribution in [2.75, 3.05) is 0 Å². The molecule has 0 radical (unpaired) electrons. The third-order valence-electron chi connectivity index (χ3n) is 5.25. The first-order valence-electron chi connectivity index (χ1n) is 9.74. The van der Waals surface area contributed by atoms with Crippen molar-refractivity contribution in [1.82, 2.24) is 5.32 Å². The number of hydrogen-bond donors (Lipinski definition) is 1. The summed E-state index contributed by atoms with van der Waals surface area (Å²) >= 11 is 0. The number of rotatable bonds is 6. The van der Waals surface area contributed by atoms with Crippen molar-refractivity contribution in [2.24, 2.45) is 0 Å². The quantitative estimate of drug-likeness (QED) is 0.814. The summed E-state index contributed by atoms with van der Waals surface area (Å²) in [5.41, 5.74) is 5.20. The first-order valence-corrected chi connectivity index (χ1v) is 9.74. The highest BCUT2D eigenvalue weighted by Gasteiger charge is 2.18. The van der Waals surface area contributed by atoms with Gasteiger partial charge in [0.15, 0.2) is 6.10 Å². The van der Waals surface area contributed by atoms with Crippen LogP contribution in [0.25, 0.3) is 0 Å². The molecule has 3 heteroatoms. The van der Waals surface area contributed by atoms with Gasteiger partial charge in [-0.3, -0.25) is 4.79 Å². The van der Waals surface area contributed by atoms with Gasteiger partial charge in [0.1, 0.15) is 5.75 Å². The van der Waals surface area contributed by atoms with Gasteiger partial charge in [-0.15, -0.1) is 0 Å². The molecule has 2 aromatic rings. The summed E-state index contributed by atoms with van der Waals surface area (Å²) in [7, 11) is 0. The van der Waals surface area contributed by atoms with Crippen LogP contribution in [0.4, 0.5) is 0 Å². The molecule has 0 aromatic heterocycles. The lowest BCUT2D eigenvalue weighted by Crippen LogP contribution is -2.37. The van der Waals surface area contributed by atoms with E-state index in [1.807, 2.05) is 19.9 Å². The van der Waals surface area contributed by atoms with Crippen LogP contribution >= 0.6 is 0 Å². The molecule has 0 unspecified atom stereocenters. The number of amides is 1. The van der Waals surface area contributed by atoms with Crippen LogP contribution in [0.2, 0.25) is 0 Å². The number of aryl methyl sites for hydroxylation is 3. The third-order valence-corrected chi connectivity index (χ3v) is 5.25. The van der Waals surface area contributed by atoms with E-state index in [0.717, 1.165) is 30.6 Å². The van der Waals surface area contributed by atoms with E-state index in [2.05, 4.69) is 48.6 Å². The van der Waals surface area contributed by atoms with Gasteiger partial charge < -0.3 is 10.1 Å². The van der Waals surface area contributed by atoms with E-state index in [9.17, 15) is 4.79 Å². The Morgan fingerprint density at radius 3 is 2.42 bits per heavy atom. The van der Waals surface area contributed by atoms with Crippen LogP contribution in [0, 0.1) is 0 Å². The standard InChI is InChI=1S/C23H29NO2/c1-4-18-9-11-19(12-10-18)16(2)24-23(25)17(3)26-22-14-13-20-7-5-6-8-21(20)15-22/h9-17H,4-8H2,1-3H3,(H,24,25)/t16-,17-/m1/s1. The molecule has 2 atom stereocenters. The molecule has 0 saturated carbocycles. The topological polar surface area (TPSA) is 38.3 Å². The van der Waals surface area contributed by atoms with Gasteiger partial charge in [0.25, 0.3) is 5.91 Å². The monoisotopic (exact) mass is 351 g/mol. The number of carbonyl (C=O) groups is 1. The first-order chi connectivity index (χ1) is 12.6. The maximum Gasteiger partial charge on any atom is 0.261 e. The van der Waals surface area contributed by atoms with Crippen molar-refractivity contribution in [1.29, 1.82) is 0 Å². The second kappa shape index (κ2) is 8.39. The average Bonchev–Trinajstić information content (AvgIpc) is 2.67. The van der Waals surface area contributed by atoms with Crippen molar-refractivity contribution < 1.29 is 9.53 Å². The summed E-state index contributed by atoms with van der Waals surface area (Å²) in [6.45, 7) is 5.95. The summed E-state index contributed by atoms with van der Waals surface area (Å²) in [5, 5.41) is 3.05. The smallest absolute Gasteiger partial charge is 0.261 e. The van der Waals surface area contributed by atoms with Gasteiger partial charge >= 0.3 is 0 Å². The molecular formula is C23H29NO2. The van der Waals surface area contributed by atoms with Crippen LogP contribution in [-0.4, -0.2) is 12.0 Å². The van der Waals surface area contributed by atoms with Crippen LogP contribution in [0.5, 0.6) is 5.75 Å². The Kier molecular flexibility index (Phi) is 5.97. The highest BCUT2D eigenvalue weighted by Crippen LogP contribution is 2.26. The molecule has 0 bridgehead atoms. The van der Waals surface area contributed by atoms with Gasteiger partial charge in [0.05, 0.1) is 6.04 Å². The van der Waals surface area contributed by atoms with E-state index in [-0.39, 0.29) is 11.9 Å². The largest absolute Gasteiger partial charge is 0.481 e. The fraction of sp³-hybridized carbons (Fsp3) is 0.435. The van der Waals surface area contributed by atoms with E-state index in [1.165, 1.54) is 29.5 Å². The molecule has 1 aliphatic rings. The molecular weight excluding hydrogens is 322 g/mol. The van der Waals surface area contributed by atoms with Crippen LogP contribution in [0.1, 0.15) is 61.9 Å². The average molecular weight is 351 g/mol. The molecule has 3 nitrogen and oxygen atoms in total. The number of fused-ring (bicyclic) bond motifs is 1. The van der Waals surface area contributed by atoms with Crippen molar-refractivity contribution in [2.45, 2.75) is 65.0 Å². The van der Waals surface area contributed by atoms with Crippen LogP contribution in [0.15, 0.2) is 42.5 Å². The third kappa shape index (κ3) is 4.46. The molecule has 0 fully saturated rings. The Balaban J connectivity index is 1.58. The Morgan fingerprint density at radius 1 is 1.04 bits per heavy atom. The fourth-order valence-corrected chi connectivity index (χ4v) is 3.50. The number of nitrogens with one attached hydrogen (secondary N) is 1. The van der Waals surface area contributed by atoms with E-state index in [1.54, 1.807) is 0 Å². The summed E-state index contributed by atoms with van der Waals surface area (Å²) in [5.74, 6) is 0.697. The van der Waals surface area contributed by atoms with E-state index in [4.69, 9.17) is 4.74 Å². The maximum absolute atomic E-state index is 12.5. The molecule has 1 amide bonds. The minimum Gasteiger partial charge on any atom is -0.481 e. The zero-order valence-corrected chi connectivity index (χ0v) is 16.0. The second-order valence-corrected chi connectivity index (χ2v) is 7.22. The Hall–Kier alpha value is -2.29. The van der Waals surface area contributed by atoms with Crippen LogP contribution in [0.3, 0.4) is 0 Å². The predicted octanol–water partition coefficient (Wildman–Crippen LogP) is 4.77. The van der Waals surface area contributed by atoms with Crippen molar-refractivity contribution in [3.8, 4) is 5.75 Å². The summed E-state index contributed by atoms with van der Waals surface area (Å²) < 4.78 is 5.90. The van der Waals surface area contributed by atoms with Crippen LogP contribution < -0.4 is 10.1 Å². The number of carbonyl (C=O) groups excluding carboxylic acids is 1. The molecule has 2 aromatic carbocycles. The number of hydrogen-bond acceptors (Lipinski definition) is 2. The lowest BCUT2D eigenvalue weighted by Gasteiger charge is -2.21. The Labute approximate surface area is 156 Å². The molecule has 26 heavy (non-hydrogen) atoms. The first kappa shape index (κ1) is 18.5. The summed E-state index contributed by atoms with van der Waals surface area (Å²) in [4.78, 5) is 12.5. The fourth-order valence-electron chi connectivity index (χ4n) is 3.50. The normalized spacial score (nSPS) is 15.7. The molecule has 3 rings (SSSR count). The van der Waals surface area contributed by atoms with Gasteiger partial charge in [-0.05, 0) is 80.3 Å². The molecule has 0 spiro atoms. The maximum atomic E-state index is 12.5. The predicted molar refractivity (Wildman–Crippen MR) is 106 cm³/mol. The molecule has 1 N–H and O–H groups in total. The van der Waals surface area contributed by atoms with Crippen molar-refractivity contribution >= 4 is 5.91 Å². The van der Waals surface area contributed by atoms with Gasteiger partial charge in [-0.2, -0.15) is 0 Å². The van der Waals surface area contributed by atoms with E-state index in [0.29, 0.717) is 0 Å². The van der Waals surface area contributed by atoms with Gasteiger partial charge in [-0.1, -0.05) is 37.3 Å². The lowest BCUT2D eigenvalue weighted by atomic mass is 9.92. The molecule has 0 saturated heterocycles. The molecule has 0 aliphatic heterocycles. The van der Waals surface area contributed by atoms with Gasteiger partial charge in [-0.25, -0.2) is 0 Å². The molecule has 1 aliphatic carbocycles. The number of benzene rings is 2. The highest BCUT2D eigenvalue weighted by molar-refractivity contribution is 5.81. The summed E-state index contributed by atoms with van der Waals surface area (Å²) in [6, 6.07) is 14.6. The van der Waals surface area contributed by atoms with E-state index < -0.39 is 6.10 Å². The molecule has 0 heterocycles. The lowest BCUT2D eigenvalue weighted by molar-refractivity contribution is -0.127.